The molecule has 2 nitrogen and oxygen atoms in total. The van der Waals surface area contributed by atoms with Crippen LogP contribution in [0.1, 0.15) is 11.7 Å². The molecule has 1 amide bonds. The summed E-state index contributed by atoms with van der Waals surface area (Å²) in [5.74, 6) is -0.641. The maximum atomic E-state index is 13.0. The molecule has 1 aliphatic rings. The Morgan fingerprint density at radius 2 is 2.25 bits per heavy atom. The molecule has 1 unspecified atom stereocenters. The number of hydrogen-bond acceptors (Lipinski definition) is 1. The molecule has 1 atom stereocenters. The smallest absolute Gasteiger partial charge is 0.263 e. The maximum absolute atomic E-state index is 13.0. The highest BCUT2D eigenvalue weighted by atomic mass is 35.5. The number of para-hydroxylation sites is 1. The summed E-state index contributed by atoms with van der Waals surface area (Å²) >= 11 is 5.72. The lowest BCUT2D eigenvalue weighted by Gasteiger charge is -1.99. The average Bonchev–Trinajstić information content (AvgIpc) is 2.32. The molecule has 1 heterocycles. The Morgan fingerprint density at radius 3 is 2.92 bits per heavy atom. The number of fused-ring (bicyclic) bond motifs is 1. The Balaban J connectivity index is 2.60. The molecule has 0 spiro atoms. The van der Waals surface area contributed by atoms with Gasteiger partial charge in [-0.1, -0.05) is 23.7 Å². The highest BCUT2D eigenvalue weighted by Gasteiger charge is 2.31. The average molecular weight is 186 g/mol. The highest BCUT2D eigenvalue weighted by Crippen LogP contribution is 2.37. The van der Waals surface area contributed by atoms with Crippen molar-refractivity contribution in [2.75, 3.05) is 5.32 Å². The van der Waals surface area contributed by atoms with Crippen LogP contribution < -0.4 is 5.32 Å². The van der Waals surface area contributed by atoms with E-state index in [2.05, 4.69) is 5.32 Å². The van der Waals surface area contributed by atoms with Crippen molar-refractivity contribution in [3.8, 4) is 0 Å². The highest BCUT2D eigenvalue weighted by molar-refractivity contribution is 6.34. The van der Waals surface area contributed by atoms with Crippen LogP contribution in [0.25, 0.3) is 0 Å². The van der Waals surface area contributed by atoms with E-state index in [4.69, 9.17) is 11.6 Å². The molecule has 1 aromatic rings. The van der Waals surface area contributed by atoms with Crippen molar-refractivity contribution in [3.05, 3.63) is 28.8 Å². The third-order valence-electron chi connectivity index (χ3n) is 1.80. The lowest BCUT2D eigenvalue weighted by atomic mass is 10.1. The summed E-state index contributed by atoms with van der Waals surface area (Å²) in [7, 11) is 0. The maximum Gasteiger partial charge on any atom is 0.263 e. The number of anilines is 1. The van der Waals surface area contributed by atoms with Crippen LogP contribution in [-0.4, -0.2) is 5.91 Å². The number of benzene rings is 1. The minimum Gasteiger partial charge on any atom is -0.322 e. The number of carbonyl (C=O) groups excluding carboxylic acids is 1. The van der Waals surface area contributed by atoms with Gasteiger partial charge in [-0.3, -0.25) is 4.79 Å². The fourth-order valence-corrected chi connectivity index (χ4v) is 1.44. The predicted molar refractivity (Wildman–Crippen MR) is 43.9 cm³/mol. The van der Waals surface area contributed by atoms with Crippen molar-refractivity contribution in [1.29, 1.82) is 0 Å². The molecule has 1 N–H and O–H groups in total. The Labute approximate surface area is 73.3 Å². The molecule has 4 heteroatoms. The number of halogens is 2. The second kappa shape index (κ2) is 2.45. The van der Waals surface area contributed by atoms with E-state index in [1.165, 1.54) is 0 Å². The van der Waals surface area contributed by atoms with Crippen LogP contribution >= 0.6 is 11.6 Å². The molecule has 0 radical (unpaired) electrons. The van der Waals surface area contributed by atoms with Gasteiger partial charge in [0.05, 0.1) is 10.7 Å². The van der Waals surface area contributed by atoms with Gasteiger partial charge >= 0.3 is 0 Å². The third kappa shape index (κ3) is 0.898. The van der Waals surface area contributed by atoms with Gasteiger partial charge in [0.15, 0.2) is 0 Å². The second-order valence-corrected chi connectivity index (χ2v) is 2.96. The van der Waals surface area contributed by atoms with Crippen molar-refractivity contribution in [2.24, 2.45) is 0 Å². The van der Waals surface area contributed by atoms with E-state index in [-0.39, 0.29) is 0 Å². The van der Waals surface area contributed by atoms with Crippen LogP contribution in [0.2, 0.25) is 5.02 Å². The zero-order chi connectivity index (χ0) is 8.72. The zero-order valence-electron chi connectivity index (χ0n) is 5.97. The van der Waals surface area contributed by atoms with Crippen LogP contribution in [0.15, 0.2) is 18.2 Å². The first-order chi connectivity index (χ1) is 5.70. The number of alkyl halides is 1. The van der Waals surface area contributed by atoms with Crippen molar-refractivity contribution in [2.45, 2.75) is 6.17 Å². The number of rotatable bonds is 0. The minimum atomic E-state index is -1.57. The summed E-state index contributed by atoms with van der Waals surface area (Å²) in [5.41, 5.74) is 0.726. The van der Waals surface area contributed by atoms with Gasteiger partial charge in [0.25, 0.3) is 5.91 Å². The zero-order valence-corrected chi connectivity index (χ0v) is 6.73. The van der Waals surface area contributed by atoms with E-state index < -0.39 is 12.1 Å². The summed E-state index contributed by atoms with van der Waals surface area (Å²) in [6.07, 6.45) is -1.57. The van der Waals surface area contributed by atoms with E-state index in [1.54, 1.807) is 18.2 Å². The standard InChI is InChI=1S/C8H5ClFNO/c9-5-3-1-2-4-6(10)8(12)11-7(4)5/h1-3,6H,(H,11,12). The first-order valence-corrected chi connectivity index (χ1v) is 3.81. The Bertz CT molecular complexity index is 353. The predicted octanol–water partition coefficient (Wildman–Crippen LogP) is 2.30. The van der Waals surface area contributed by atoms with Crippen LogP contribution in [0, 0.1) is 0 Å². The van der Waals surface area contributed by atoms with Gasteiger partial charge in [-0.15, -0.1) is 0 Å². The summed E-state index contributed by atoms with van der Waals surface area (Å²) in [6, 6.07) is 4.77. The van der Waals surface area contributed by atoms with Crippen LogP contribution in [0.5, 0.6) is 0 Å². The number of amides is 1. The van der Waals surface area contributed by atoms with Gasteiger partial charge in [0.1, 0.15) is 0 Å². The molecule has 0 fully saturated rings. The Morgan fingerprint density at radius 1 is 1.50 bits per heavy atom. The molecule has 0 bridgehead atoms. The molecular formula is C8H5ClFNO. The Kier molecular flexibility index (Phi) is 1.54. The van der Waals surface area contributed by atoms with Gasteiger partial charge < -0.3 is 5.32 Å². The van der Waals surface area contributed by atoms with E-state index >= 15 is 0 Å². The molecule has 0 saturated heterocycles. The van der Waals surface area contributed by atoms with Gasteiger partial charge in [-0.05, 0) is 6.07 Å². The molecule has 0 aliphatic carbocycles. The topological polar surface area (TPSA) is 29.1 Å². The molecule has 12 heavy (non-hydrogen) atoms. The summed E-state index contributed by atoms with van der Waals surface area (Å²) in [4.78, 5) is 10.8. The SMILES string of the molecule is O=C1Nc2c(Cl)cccc2C1F. The minimum absolute atomic E-state index is 0.326. The van der Waals surface area contributed by atoms with Crippen LogP contribution in [0.3, 0.4) is 0 Å². The van der Waals surface area contributed by atoms with Gasteiger partial charge in [-0.25, -0.2) is 4.39 Å². The van der Waals surface area contributed by atoms with E-state index in [0.717, 1.165) is 0 Å². The van der Waals surface area contributed by atoms with Crippen molar-refractivity contribution in [1.82, 2.24) is 0 Å². The quantitative estimate of drug-likeness (QED) is 0.660. The first-order valence-electron chi connectivity index (χ1n) is 3.43. The number of nitrogens with one attached hydrogen (secondary N) is 1. The summed E-state index contributed by atoms with van der Waals surface area (Å²) in [6.45, 7) is 0. The third-order valence-corrected chi connectivity index (χ3v) is 2.11. The molecule has 1 aliphatic heterocycles. The van der Waals surface area contributed by atoms with E-state index in [1.807, 2.05) is 0 Å². The molecule has 0 aromatic heterocycles. The molecule has 2 rings (SSSR count). The summed E-state index contributed by atoms with van der Waals surface area (Å²) < 4.78 is 13.0. The first kappa shape index (κ1) is 7.55. The second-order valence-electron chi connectivity index (χ2n) is 2.56. The Hall–Kier alpha value is -1.09. The normalized spacial score (nSPS) is 20.5. The molecular weight excluding hydrogens is 181 g/mol. The molecule has 0 saturated carbocycles. The molecule has 1 aromatic carbocycles. The number of carbonyl (C=O) groups is 1. The molecule has 62 valence electrons. The van der Waals surface area contributed by atoms with Gasteiger partial charge in [0.2, 0.25) is 6.17 Å². The fraction of sp³-hybridized carbons (Fsp3) is 0.125. The lowest BCUT2D eigenvalue weighted by Crippen LogP contribution is -2.07. The van der Waals surface area contributed by atoms with Gasteiger partial charge in [0, 0.05) is 5.56 Å². The largest absolute Gasteiger partial charge is 0.322 e. The fourth-order valence-electron chi connectivity index (χ4n) is 1.21. The van der Waals surface area contributed by atoms with Gasteiger partial charge in [-0.2, -0.15) is 0 Å². The lowest BCUT2D eigenvalue weighted by molar-refractivity contribution is -0.120. The summed E-state index contributed by atoms with van der Waals surface area (Å²) in [5, 5.41) is 2.75. The van der Waals surface area contributed by atoms with E-state index in [9.17, 15) is 9.18 Å². The van der Waals surface area contributed by atoms with Crippen molar-refractivity contribution in [3.63, 3.8) is 0 Å². The van der Waals surface area contributed by atoms with Crippen molar-refractivity contribution >= 4 is 23.2 Å². The van der Waals surface area contributed by atoms with Crippen LogP contribution in [0.4, 0.5) is 10.1 Å². The van der Waals surface area contributed by atoms with E-state index in [0.29, 0.717) is 16.3 Å². The van der Waals surface area contributed by atoms with Crippen LogP contribution in [-0.2, 0) is 4.79 Å². The monoisotopic (exact) mass is 185 g/mol. The number of hydrogen-bond donors (Lipinski definition) is 1. The van der Waals surface area contributed by atoms with Crippen molar-refractivity contribution < 1.29 is 9.18 Å².